The molecule has 1 nitrogen and oxygen atoms in total. The number of hydrogen-bond donors (Lipinski definition) is 1. The van der Waals surface area contributed by atoms with Gasteiger partial charge in [0, 0.05) is 16.4 Å². The third-order valence-corrected chi connectivity index (χ3v) is 2.76. The SMILES string of the molecule is CSNc1cccc(Br)c1C. The fourth-order valence-corrected chi connectivity index (χ4v) is 1.64. The molecular formula is C8H10BrNS. The Morgan fingerprint density at radius 3 is 2.82 bits per heavy atom. The van der Waals surface area contributed by atoms with E-state index in [9.17, 15) is 0 Å². The van der Waals surface area contributed by atoms with Crippen molar-refractivity contribution in [2.24, 2.45) is 0 Å². The average molecular weight is 232 g/mol. The Kier molecular flexibility index (Phi) is 3.27. The van der Waals surface area contributed by atoms with Crippen molar-refractivity contribution < 1.29 is 0 Å². The molecule has 0 aromatic heterocycles. The molecule has 0 fully saturated rings. The summed E-state index contributed by atoms with van der Waals surface area (Å²) in [6.45, 7) is 2.09. The summed E-state index contributed by atoms with van der Waals surface area (Å²) >= 11 is 5.07. The molecule has 1 aromatic carbocycles. The minimum atomic E-state index is 1.15. The molecule has 0 aliphatic heterocycles. The molecule has 0 unspecified atom stereocenters. The summed E-state index contributed by atoms with van der Waals surface area (Å²) in [5.41, 5.74) is 2.42. The molecular weight excluding hydrogens is 222 g/mol. The molecule has 0 spiro atoms. The van der Waals surface area contributed by atoms with E-state index in [0.29, 0.717) is 0 Å². The number of nitrogens with one attached hydrogen (secondary N) is 1. The van der Waals surface area contributed by atoms with E-state index >= 15 is 0 Å². The first-order valence-corrected chi connectivity index (χ1v) is 5.31. The van der Waals surface area contributed by atoms with Crippen LogP contribution >= 0.6 is 27.9 Å². The molecule has 60 valence electrons. The second-order valence-corrected chi connectivity index (χ2v) is 3.69. The topological polar surface area (TPSA) is 12.0 Å². The number of benzene rings is 1. The number of hydrogen-bond acceptors (Lipinski definition) is 2. The summed E-state index contributed by atoms with van der Waals surface area (Å²) in [6, 6.07) is 6.13. The first-order valence-electron chi connectivity index (χ1n) is 3.30. The van der Waals surface area contributed by atoms with Gasteiger partial charge < -0.3 is 4.72 Å². The highest BCUT2D eigenvalue weighted by atomic mass is 79.9. The van der Waals surface area contributed by atoms with E-state index < -0.39 is 0 Å². The molecule has 1 rings (SSSR count). The van der Waals surface area contributed by atoms with Crippen molar-refractivity contribution in [1.82, 2.24) is 0 Å². The summed E-state index contributed by atoms with van der Waals surface area (Å²) in [5.74, 6) is 0. The summed E-state index contributed by atoms with van der Waals surface area (Å²) in [6.07, 6.45) is 2.01. The van der Waals surface area contributed by atoms with Gasteiger partial charge in [0.05, 0.1) is 0 Å². The third-order valence-electron chi connectivity index (χ3n) is 1.48. The second kappa shape index (κ2) is 4.02. The van der Waals surface area contributed by atoms with Crippen molar-refractivity contribution >= 4 is 33.6 Å². The van der Waals surface area contributed by atoms with Gasteiger partial charge in [0.25, 0.3) is 0 Å². The maximum absolute atomic E-state index is 3.47. The van der Waals surface area contributed by atoms with E-state index in [0.717, 1.165) is 4.47 Å². The number of anilines is 1. The van der Waals surface area contributed by atoms with Crippen LogP contribution in [0.15, 0.2) is 22.7 Å². The van der Waals surface area contributed by atoms with E-state index in [1.54, 1.807) is 11.9 Å². The number of halogens is 1. The minimum absolute atomic E-state index is 1.15. The second-order valence-electron chi connectivity index (χ2n) is 2.22. The Bertz CT molecular complexity index is 250. The summed E-state index contributed by atoms with van der Waals surface area (Å²) < 4.78 is 4.35. The molecule has 3 heteroatoms. The lowest BCUT2D eigenvalue weighted by atomic mass is 10.2. The van der Waals surface area contributed by atoms with Gasteiger partial charge in [-0.05, 0) is 24.6 Å². The van der Waals surface area contributed by atoms with E-state index in [1.165, 1.54) is 11.3 Å². The highest BCUT2D eigenvalue weighted by Gasteiger charge is 1.98. The van der Waals surface area contributed by atoms with Crippen LogP contribution in [0.2, 0.25) is 0 Å². The third kappa shape index (κ3) is 2.14. The van der Waals surface area contributed by atoms with Gasteiger partial charge in [0.2, 0.25) is 0 Å². The fraction of sp³-hybridized carbons (Fsp3) is 0.250. The Labute approximate surface area is 79.8 Å². The van der Waals surface area contributed by atoms with Crippen LogP contribution in [0, 0.1) is 6.92 Å². The quantitative estimate of drug-likeness (QED) is 0.784. The van der Waals surface area contributed by atoms with Crippen LogP contribution in [0.4, 0.5) is 5.69 Å². The van der Waals surface area contributed by atoms with E-state index in [2.05, 4.69) is 33.6 Å². The molecule has 0 atom stereocenters. The predicted octanol–water partition coefficient (Wildman–Crippen LogP) is 3.45. The Hall–Kier alpha value is -0.150. The first kappa shape index (κ1) is 8.94. The van der Waals surface area contributed by atoms with Crippen molar-refractivity contribution in [3.05, 3.63) is 28.2 Å². The van der Waals surface area contributed by atoms with E-state index in [4.69, 9.17) is 0 Å². The summed E-state index contributed by atoms with van der Waals surface area (Å²) in [4.78, 5) is 0. The molecule has 0 saturated heterocycles. The fourth-order valence-electron chi connectivity index (χ4n) is 0.828. The van der Waals surface area contributed by atoms with Crippen LogP contribution in [0.3, 0.4) is 0 Å². The Morgan fingerprint density at radius 1 is 1.45 bits per heavy atom. The summed E-state index contributed by atoms with van der Waals surface area (Å²) in [7, 11) is 0. The molecule has 0 heterocycles. The molecule has 0 amide bonds. The zero-order chi connectivity index (χ0) is 8.27. The van der Waals surface area contributed by atoms with Gasteiger partial charge in [-0.3, -0.25) is 0 Å². The Balaban J connectivity index is 2.96. The molecule has 0 bridgehead atoms. The molecule has 1 aromatic rings. The van der Waals surface area contributed by atoms with Crippen LogP contribution < -0.4 is 4.72 Å². The normalized spacial score (nSPS) is 9.73. The zero-order valence-electron chi connectivity index (χ0n) is 6.52. The van der Waals surface area contributed by atoms with Crippen molar-refractivity contribution in [1.29, 1.82) is 0 Å². The first-order chi connectivity index (χ1) is 5.25. The largest absolute Gasteiger partial charge is 0.330 e. The maximum Gasteiger partial charge on any atom is 0.0480 e. The van der Waals surface area contributed by atoms with Crippen molar-refractivity contribution in [3.63, 3.8) is 0 Å². The standard InChI is InChI=1S/C8H10BrNS/c1-6-7(9)4-3-5-8(6)10-11-2/h3-5,10H,1-2H3. The predicted molar refractivity (Wildman–Crippen MR) is 56.0 cm³/mol. The molecule has 0 aliphatic carbocycles. The Morgan fingerprint density at radius 2 is 2.18 bits per heavy atom. The van der Waals surface area contributed by atoms with Gasteiger partial charge in [-0.1, -0.05) is 33.9 Å². The lowest BCUT2D eigenvalue weighted by Gasteiger charge is -2.06. The zero-order valence-corrected chi connectivity index (χ0v) is 8.92. The monoisotopic (exact) mass is 231 g/mol. The highest BCUT2D eigenvalue weighted by Crippen LogP contribution is 2.24. The average Bonchev–Trinajstić information content (AvgIpc) is 1.99. The molecule has 1 N–H and O–H groups in total. The van der Waals surface area contributed by atoms with Crippen LogP contribution in [0.1, 0.15) is 5.56 Å². The lowest BCUT2D eigenvalue weighted by molar-refractivity contribution is 1.43. The molecule has 0 aliphatic rings. The van der Waals surface area contributed by atoms with Gasteiger partial charge in [0.1, 0.15) is 0 Å². The van der Waals surface area contributed by atoms with E-state index in [1.807, 2.05) is 18.4 Å². The smallest absolute Gasteiger partial charge is 0.0480 e. The van der Waals surface area contributed by atoms with Crippen molar-refractivity contribution in [2.75, 3.05) is 11.0 Å². The van der Waals surface area contributed by atoms with Gasteiger partial charge in [-0.15, -0.1) is 0 Å². The van der Waals surface area contributed by atoms with Crippen LogP contribution in [-0.4, -0.2) is 6.26 Å². The van der Waals surface area contributed by atoms with Gasteiger partial charge in [0.15, 0.2) is 0 Å². The van der Waals surface area contributed by atoms with Gasteiger partial charge in [-0.2, -0.15) is 0 Å². The van der Waals surface area contributed by atoms with Crippen molar-refractivity contribution in [3.8, 4) is 0 Å². The highest BCUT2D eigenvalue weighted by molar-refractivity contribution is 9.10. The molecule has 0 saturated carbocycles. The van der Waals surface area contributed by atoms with Crippen molar-refractivity contribution in [2.45, 2.75) is 6.92 Å². The number of rotatable bonds is 2. The van der Waals surface area contributed by atoms with E-state index in [-0.39, 0.29) is 0 Å². The maximum atomic E-state index is 3.47. The molecule has 0 radical (unpaired) electrons. The minimum Gasteiger partial charge on any atom is -0.330 e. The summed E-state index contributed by atoms with van der Waals surface area (Å²) in [5, 5.41) is 0. The van der Waals surface area contributed by atoms with Gasteiger partial charge >= 0.3 is 0 Å². The lowest BCUT2D eigenvalue weighted by Crippen LogP contribution is -1.88. The van der Waals surface area contributed by atoms with Crippen LogP contribution in [-0.2, 0) is 0 Å². The van der Waals surface area contributed by atoms with Gasteiger partial charge in [-0.25, -0.2) is 0 Å². The van der Waals surface area contributed by atoms with Crippen LogP contribution in [0.5, 0.6) is 0 Å². The van der Waals surface area contributed by atoms with Crippen LogP contribution in [0.25, 0.3) is 0 Å². The molecule has 11 heavy (non-hydrogen) atoms.